The number of anilines is 1. The van der Waals surface area contributed by atoms with Gasteiger partial charge in [0.25, 0.3) is 10.2 Å². The minimum Gasteiger partial charge on any atom is -0.326 e. The summed E-state index contributed by atoms with van der Waals surface area (Å²) in [4.78, 5) is 12.4. The van der Waals surface area contributed by atoms with Gasteiger partial charge in [0.05, 0.1) is 6.54 Å². The number of aromatic nitrogens is 2. The quantitative estimate of drug-likeness (QED) is 0.818. The lowest BCUT2D eigenvalue weighted by Crippen LogP contribution is -2.44. The normalized spacial score (nSPS) is 16.7. The van der Waals surface area contributed by atoms with Gasteiger partial charge in [-0.2, -0.15) is 17.8 Å². The van der Waals surface area contributed by atoms with Gasteiger partial charge in [-0.1, -0.05) is 12.1 Å². The van der Waals surface area contributed by atoms with Crippen molar-refractivity contribution in [1.29, 1.82) is 0 Å². The van der Waals surface area contributed by atoms with Crippen LogP contribution in [0.15, 0.2) is 42.7 Å². The molecule has 1 aliphatic rings. The van der Waals surface area contributed by atoms with Gasteiger partial charge in [-0.3, -0.25) is 9.48 Å². The lowest BCUT2D eigenvalue weighted by molar-refractivity contribution is -0.120. The molecule has 1 saturated heterocycles. The predicted molar refractivity (Wildman–Crippen MR) is 93.8 cm³/mol. The molecule has 0 unspecified atom stereocenters. The van der Waals surface area contributed by atoms with E-state index in [9.17, 15) is 13.2 Å². The molecule has 0 spiro atoms. The number of carbonyl (C=O) groups excluding carboxylic acids is 1. The molecule has 0 saturated carbocycles. The number of hydrogen-bond acceptors (Lipinski definition) is 4. The molecule has 25 heavy (non-hydrogen) atoms. The van der Waals surface area contributed by atoms with Crippen LogP contribution >= 0.6 is 0 Å². The topological polar surface area (TPSA) is 110 Å². The Bertz CT molecular complexity index is 827. The lowest BCUT2D eigenvalue weighted by Gasteiger charge is -2.29. The Morgan fingerprint density at radius 3 is 2.68 bits per heavy atom. The van der Waals surface area contributed by atoms with Gasteiger partial charge in [0.2, 0.25) is 5.91 Å². The van der Waals surface area contributed by atoms with Crippen molar-refractivity contribution >= 4 is 21.8 Å². The van der Waals surface area contributed by atoms with E-state index in [-0.39, 0.29) is 24.9 Å². The summed E-state index contributed by atoms with van der Waals surface area (Å²) in [7, 11) is -3.67. The molecular weight excluding hydrogens is 342 g/mol. The molecule has 0 aliphatic carbocycles. The van der Waals surface area contributed by atoms with Gasteiger partial charge in [-0.05, 0) is 36.6 Å². The molecule has 1 aromatic carbocycles. The van der Waals surface area contributed by atoms with Gasteiger partial charge < -0.3 is 5.32 Å². The van der Waals surface area contributed by atoms with Crippen molar-refractivity contribution in [3.8, 4) is 0 Å². The summed E-state index contributed by atoms with van der Waals surface area (Å²) in [5.41, 5.74) is 1.76. The Labute approximate surface area is 146 Å². The molecule has 8 nitrogen and oxygen atoms in total. The summed E-state index contributed by atoms with van der Waals surface area (Å²) in [6.07, 6.45) is 4.54. The maximum absolute atomic E-state index is 12.4. The Kier molecular flexibility index (Phi) is 5.16. The minimum absolute atomic E-state index is 0.0923. The van der Waals surface area contributed by atoms with E-state index in [2.05, 4.69) is 10.4 Å². The second-order valence-electron chi connectivity index (χ2n) is 6.11. The van der Waals surface area contributed by atoms with Crippen molar-refractivity contribution in [2.24, 2.45) is 11.1 Å². The van der Waals surface area contributed by atoms with Crippen LogP contribution in [0.1, 0.15) is 18.4 Å². The van der Waals surface area contributed by atoms with Gasteiger partial charge in [-0.25, -0.2) is 5.14 Å². The van der Waals surface area contributed by atoms with Gasteiger partial charge in [0.15, 0.2) is 0 Å². The van der Waals surface area contributed by atoms with Crippen molar-refractivity contribution < 1.29 is 13.2 Å². The fourth-order valence-electron chi connectivity index (χ4n) is 2.95. The first-order valence-corrected chi connectivity index (χ1v) is 9.57. The third kappa shape index (κ3) is 4.65. The first-order chi connectivity index (χ1) is 11.9. The van der Waals surface area contributed by atoms with Crippen LogP contribution in [0.3, 0.4) is 0 Å². The lowest BCUT2D eigenvalue weighted by atomic mass is 9.97. The zero-order valence-corrected chi connectivity index (χ0v) is 14.5. The highest BCUT2D eigenvalue weighted by molar-refractivity contribution is 7.86. The number of nitrogens with one attached hydrogen (secondary N) is 1. The highest BCUT2D eigenvalue weighted by Gasteiger charge is 2.29. The van der Waals surface area contributed by atoms with E-state index >= 15 is 0 Å². The third-order valence-corrected chi connectivity index (χ3v) is 5.37. The van der Waals surface area contributed by atoms with Crippen LogP contribution in [-0.4, -0.2) is 41.5 Å². The summed E-state index contributed by atoms with van der Waals surface area (Å²) in [5, 5.41) is 12.2. The van der Waals surface area contributed by atoms with Crippen LogP contribution in [0.25, 0.3) is 0 Å². The van der Waals surface area contributed by atoms with Crippen LogP contribution < -0.4 is 10.5 Å². The third-order valence-electron chi connectivity index (χ3n) is 4.28. The Morgan fingerprint density at radius 1 is 1.28 bits per heavy atom. The van der Waals surface area contributed by atoms with Gasteiger partial charge in [0.1, 0.15) is 0 Å². The van der Waals surface area contributed by atoms with Gasteiger partial charge in [-0.15, -0.1) is 0 Å². The first-order valence-electron chi connectivity index (χ1n) is 8.07. The van der Waals surface area contributed by atoms with Crippen molar-refractivity contribution in [2.45, 2.75) is 19.4 Å². The number of amides is 1. The summed E-state index contributed by atoms with van der Waals surface area (Å²) in [5.74, 6) is -0.307. The maximum Gasteiger partial charge on any atom is 0.276 e. The molecule has 1 aliphatic heterocycles. The molecule has 2 heterocycles. The van der Waals surface area contributed by atoms with Crippen molar-refractivity contribution in [2.75, 3.05) is 18.4 Å². The van der Waals surface area contributed by atoms with E-state index in [0.29, 0.717) is 19.4 Å². The molecule has 9 heteroatoms. The minimum atomic E-state index is -3.67. The van der Waals surface area contributed by atoms with E-state index < -0.39 is 10.2 Å². The number of rotatable bonds is 5. The number of hydrogen-bond donors (Lipinski definition) is 2. The first kappa shape index (κ1) is 17.6. The van der Waals surface area contributed by atoms with E-state index in [0.717, 1.165) is 11.3 Å². The number of carbonyl (C=O) groups is 1. The van der Waals surface area contributed by atoms with E-state index in [1.54, 1.807) is 6.20 Å². The van der Waals surface area contributed by atoms with Crippen molar-refractivity contribution in [1.82, 2.24) is 14.1 Å². The van der Waals surface area contributed by atoms with Crippen molar-refractivity contribution in [3.63, 3.8) is 0 Å². The monoisotopic (exact) mass is 363 g/mol. The molecule has 2 aromatic rings. The number of benzene rings is 1. The zero-order valence-electron chi connectivity index (χ0n) is 13.7. The smallest absolute Gasteiger partial charge is 0.276 e. The SMILES string of the molecule is NS(=O)(=O)N1CCC(C(=O)Nc2cccc(Cn3cccn3)c2)CC1. The van der Waals surface area contributed by atoms with Crippen LogP contribution in [-0.2, 0) is 21.5 Å². The predicted octanol–water partition coefficient (Wildman–Crippen LogP) is 0.785. The van der Waals surface area contributed by atoms with E-state index in [1.165, 1.54) is 4.31 Å². The molecular formula is C16H21N5O3S. The second-order valence-corrected chi connectivity index (χ2v) is 7.66. The largest absolute Gasteiger partial charge is 0.326 e. The Balaban J connectivity index is 1.58. The van der Waals surface area contributed by atoms with Crippen LogP contribution in [0.5, 0.6) is 0 Å². The summed E-state index contributed by atoms with van der Waals surface area (Å²) < 4.78 is 25.7. The Hall–Kier alpha value is -2.23. The summed E-state index contributed by atoms with van der Waals surface area (Å²) in [6.45, 7) is 1.18. The highest BCUT2D eigenvalue weighted by atomic mass is 32.2. The number of nitrogens with two attached hydrogens (primary N) is 1. The number of piperidine rings is 1. The molecule has 3 rings (SSSR count). The van der Waals surface area contributed by atoms with Crippen LogP contribution in [0.4, 0.5) is 5.69 Å². The molecule has 0 radical (unpaired) electrons. The summed E-state index contributed by atoms with van der Waals surface area (Å²) >= 11 is 0. The highest BCUT2D eigenvalue weighted by Crippen LogP contribution is 2.21. The molecule has 3 N–H and O–H groups in total. The molecule has 0 bridgehead atoms. The average Bonchev–Trinajstić information content (AvgIpc) is 3.07. The molecule has 134 valence electrons. The second kappa shape index (κ2) is 7.34. The van der Waals surface area contributed by atoms with Crippen LogP contribution in [0.2, 0.25) is 0 Å². The molecule has 1 fully saturated rings. The Morgan fingerprint density at radius 2 is 2.04 bits per heavy atom. The van der Waals surface area contributed by atoms with Crippen molar-refractivity contribution in [3.05, 3.63) is 48.3 Å². The standard InChI is InChI=1S/C16H21N5O3S/c17-25(23,24)21-9-5-14(6-10-21)16(22)19-15-4-1-3-13(11-15)12-20-8-2-7-18-20/h1-4,7-8,11,14H,5-6,9-10,12H2,(H,19,22)(H2,17,23,24). The maximum atomic E-state index is 12.4. The zero-order chi connectivity index (χ0) is 17.9. The number of nitrogens with zero attached hydrogens (tertiary/aromatic N) is 3. The fourth-order valence-corrected chi connectivity index (χ4v) is 3.67. The average molecular weight is 363 g/mol. The van der Waals surface area contributed by atoms with Crippen LogP contribution in [0, 0.1) is 5.92 Å². The molecule has 0 atom stereocenters. The van der Waals surface area contributed by atoms with Gasteiger partial charge >= 0.3 is 0 Å². The van der Waals surface area contributed by atoms with E-state index in [1.807, 2.05) is 41.2 Å². The summed E-state index contributed by atoms with van der Waals surface area (Å²) in [6, 6.07) is 9.47. The van der Waals surface area contributed by atoms with Gasteiger partial charge in [0, 0.05) is 37.1 Å². The fraction of sp³-hybridized carbons (Fsp3) is 0.375. The molecule has 1 amide bonds. The van der Waals surface area contributed by atoms with E-state index in [4.69, 9.17) is 5.14 Å². The molecule has 1 aromatic heterocycles.